The van der Waals surface area contributed by atoms with Crippen molar-refractivity contribution in [3.05, 3.63) is 60.2 Å². The minimum Gasteiger partial charge on any atom is -0.477 e. The molecule has 0 saturated heterocycles. The van der Waals surface area contributed by atoms with Crippen LogP contribution in [0.1, 0.15) is 27.9 Å². The molecule has 2 aromatic rings. The number of non-ortho nitro benzene ring substituents is 1. The van der Waals surface area contributed by atoms with Gasteiger partial charge in [-0.2, -0.15) is 0 Å². The largest absolute Gasteiger partial charge is 0.477 e. The molecule has 1 heterocycles. The van der Waals surface area contributed by atoms with Crippen molar-refractivity contribution in [2.24, 2.45) is 0 Å². The van der Waals surface area contributed by atoms with Crippen LogP contribution in [0.15, 0.2) is 29.1 Å². The molecule has 1 N–H and O–H groups in total. The van der Waals surface area contributed by atoms with Crippen molar-refractivity contribution in [1.29, 1.82) is 0 Å². The zero-order valence-electron chi connectivity index (χ0n) is 11.1. The molecule has 8 heteroatoms. The van der Waals surface area contributed by atoms with Crippen LogP contribution in [0.5, 0.6) is 0 Å². The molecule has 1 aromatic carbocycles. The van der Waals surface area contributed by atoms with Crippen LogP contribution in [0.25, 0.3) is 0 Å². The molecule has 21 heavy (non-hydrogen) atoms. The number of benzene rings is 1. The normalized spacial score (nSPS) is 10.5. The highest BCUT2D eigenvalue weighted by Crippen LogP contribution is 2.17. The molecule has 0 bridgehead atoms. The van der Waals surface area contributed by atoms with Crippen LogP contribution < -0.4 is 4.87 Å². The van der Waals surface area contributed by atoms with E-state index in [2.05, 4.69) is 0 Å². The van der Waals surface area contributed by atoms with Crippen LogP contribution in [0.4, 0.5) is 5.69 Å². The molecule has 0 unspecified atom stereocenters. The highest BCUT2D eigenvalue weighted by Gasteiger charge is 2.18. The van der Waals surface area contributed by atoms with Crippen LogP contribution in [0.3, 0.4) is 0 Å². The van der Waals surface area contributed by atoms with E-state index in [-0.39, 0.29) is 22.0 Å². The zero-order chi connectivity index (χ0) is 15.6. The van der Waals surface area contributed by atoms with Crippen molar-refractivity contribution >= 4 is 23.0 Å². The molecule has 0 fully saturated rings. The van der Waals surface area contributed by atoms with E-state index in [4.69, 9.17) is 5.11 Å². The first-order chi connectivity index (χ1) is 9.93. The number of nitro groups is 1. The number of aromatic carboxylic acids is 1. The summed E-state index contributed by atoms with van der Waals surface area (Å²) in [5, 5.41) is 19.7. The number of hydrogen-bond donors (Lipinski definition) is 1. The molecule has 0 atom stereocenters. The smallest absolute Gasteiger partial charge is 0.347 e. The Labute approximate surface area is 123 Å². The highest BCUT2D eigenvalue weighted by atomic mass is 32.1. The molecule has 0 radical (unpaired) electrons. The SMILES string of the molecule is CCc1c(C(=O)O)sc(=O)n1Cc1ccc([N+](=O)[O-])cc1. The van der Waals surface area contributed by atoms with Gasteiger partial charge in [0, 0.05) is 17.8 Å². The third-order valence-electron chi connectivity index (χ3n) is 3.01. The van der Waals surface area contributed by atoms with E-state index in [0.717, 1.165) is 0 Å². The van der Waals surface area contributed by atoms with Crippen LogP contribution in [-0.4, -0.2) is 20.6 Å². The average molecular weight is 308 g/mol. The fourth-order valence-corrected chi connectivity index (χ4v) is 2.94. The molecule has 0 aliphatic carbocycles. The van der Waals surface area contributed by atoms with Gasteiger partial charge < -0.3 is 5.11 Å². The topological polar surface area (TPSA) is 102 Å². The lowest BCUT2D eigenvalue weighted by molar-refractivity contribution is -0.384. The number of nitrogens with zero attached hydrogens (tertiary/aromatic N) is 2. The summed E-state index contributed by atoms with van der Waals surface area (Å²) < 4.78 is 1.40. The first kappa shape index (κ1) is 14.9. The van der Waals surface area contributed by atoms with Gasteiger partial charge in [-0.1, -0.05) is 30.4 Å². The van der Waals surface area contributed by atoms with E-state index in [9.17, 15) is 19.7 Å². The van der Waals surface area contributed by atoms with Crippen molar-refractivity contribution in [3.63, 3.8) is 0 Å². The molecule has 0 spiro atoms. The maximum absolute atomic E-state index is 11.9. The maximum Gasteiger partial charge on any atom is 0.347 e. The molecule has 7 nitrogen and oxygen atoms in total. The minimum atomic E-state index is -1.11. The second kappa shape index (κ2) is 5.88. The van der Waals surface area contributed by atoms with Crippen LogP contribution in [-0.2, 0) is 13.0 Å². The first-order valence-electron chi connectivity index (χ1n) is 6.13. The van der Waals surface area contributed by atoms with E-state index in [1.165, 1.54) is 16.7 Å². The number of thiazole rings is 1. The molecular weight excluding hydrogens is 296 g/mol. The summed E-state index contributed by atoms with van der Waals surface area (Å²) >= 11 is 0.701. The van der Waals surface area contributed by atoms with E-state index < -0.39 is 10.9 Å². The highest BCUT2D eigenvalue weighted by molar-refractivity contribution is 7.11. The molecule has 2 rings (SSSR count). The van der Waals surface area contributed by atoms with Crippen molar-refractivity contribution in [2.45, 2.75) is 19.9 Å². The average Bonchev–Trinajstić information content (AvgIpc) is 2.76. The number of carboxylic acids is 1. The zero-order valence-corrected chi connectivity index (χ0v) is 11.9. The molecule has 0 aliphatic heterocycles. The fourth-order valence-electron chi connectivity index (χ4n) is 2.02. The Bertz CT molecular complexity index is 745. The number of rotatable bonds is 5. The first-order valence-corrected chi connectivity index (χ1v) is 6.94. The lowest BCUT2D eigenvalue weighted by Crippen LogP contribution is -2.17. The number of carbonyl (C=O) groups is 1. The number of carboxylic acid groups (broad SMARTS) is 1. The second-order valence-corrected chi connectivity index (χ2v) is 5.27. The standard InChI is InChI=1S/C13H12N2O5S/c1-2-10-11(12(16)17)21-13(18)14(10)7-8-3-5-9(6-4-8)15(19)20/h3-6H,2,7H2,1H3,(H,16,17). The van der Waals surface area contributed by atoms with E-state index in [1.54, 1.807) is 19.1 Å². The Balaban J connectivity index is 2.37. The summed E-state index contributed by atoms with van der Waals surface area (Å²) in [4.78, 5) is 32.8. The van der Waals surface area contributed by atoms with E-state index in [0.29, 0.717) is 29.0 Å². The van der Waals surface area contributed by atoms with Gasteiger partial charge in [-0.05, 0) is 12.0 Å². The van der Waals surface area contributed by atoms with Gasteiger partial charge in [-0.3, -0.25) is 19.5 Å². The van der Waals surface area contributed by atoms with Crippen LogP contribution in [0, 0.1) is 10.1 Å². The van der Waals surface area contributed by atoms with Crippen molar-refractivity contribution < 1.29 is 14.8 Å². The Hall–Kier alpha value is -2.48. The maximum atomic E-state index is 11.9. The van der Waals surface area contributed by atoms with Crippen molar-refractivity contribution in [2.75, 3.05) is 0 Å². The van der Waals surface area contributed by atoms with Gasteiger partial charge in [0.1, 0.15) is 4.88 Å². The number of hydrogen-bond acceptors (Lipinski definition) is 5. The lowest BCUT2D eigenvalue weighted by Gasteiger charge is -2.07. The summed E-state index contributed by atoms with van der Waals surface area (Å²) in [6, 6.07) is 5.83. The van der Waals surface area contributed by atoms with Gasteiger partial charge in [-0.15, -0.1) is 0 Å². The van der Waals surface area contributed by atoms with Crippen molar-refractivity contribution in [3.8, 4) is 0 Å². The van der Waals surface area contributed by atoms with Crippen molar-refractivity contribution in [1.82, 2.24) is 4.57 Å². The summed E-state index contributed by atoms with van der Waals surface area (Å²) in [6.07, 6.45) is 0.424. The summed E-state index contributed by atoms with van der Waals surface area (Å²) in [5.74, 6) is -1.11. The third kappa shape index (κ3) is 3.00. The van der Waals surface area contributed by atoms with E-state index in [1.807, 2.05) is 0 Å². The Morgan fingerprint density at radius 1 is 1.38 bits per heavy atom. The van der Waals surface area contributed by atoms with Gasteiger partial charge in [0.15, 0.2) is 0 Å². The predicted molar refractivity (Wildman–Crippen MR) is 77.1 cm³/mol. The number of aromatic nitrogens is 1. The Morgan fingerprint density at radius 2 is 2.00 bits per heavy atom. The van der Waals surface area contributed by atoms with Gasteiger partial charge in [0.2, 0.25) is 0 Å². The molecule has 1 aromatic heterocycles. The van der Waals surface area contributed by atoms with E-state index >= 15 is 0 Å². The van der Waals surface area contributed by atoms with Crippen LogP contribution >= 0.6 is 11.3 Å². The molecule has 0 saturated carbocycles. The van der Waals surface area contributed by atoms with Crippen LogP contribution in [0.2, 0.25) is 0 Å². The molecule has 110 valence electrons. The van der Waals surface area contributed by atoms with Gasteiger partial charge in [0.25, 0.3) is 5.69 Å². The number of nitro benzene ring substituents is 1. The Kier molecular flexibility index (Phi) is 4.18. The second-order valence-electron chi connectivity index (χ2n) is 4.31. The van der Waals surface area contributed by atoms with Gasteiger partial charge in [-0.25, -0.2) is 4.79 Å². The molecule has 0 aliphatic rings. The molecule has 0 amide bonds. The third-order valence-corrected chi connectivity index (χ3v) is 4.02. The summed E-state index contributed by atoms with van der Waals surface area (Å²) in [7, 11) is 0. The fraction of sp³-hybridized carbons (Fsp3) is 0.231. The van der Waals surface area contributed by atoms with Gasteiger partial charge >= 0.3 is 10.8 Å². The quantitative estimate of drug-likeness (QED) is 0.673. The summed E-state index contributed by atoms with van der Waals surface area (Å²) in [6.45, 7) is 1.98. The molecular formula is C13H12N2O5S. The summed E-state index contributed by atoms with van der Waals surface area (Å²) in [5.41, 5.74) is 1.14. The Morgan fingerprint density at radius 3 is 2.48 bits per heavy atom. The van der Waals surface area contributed by atoms with Gasteiger partial charge in [0.05, 0.1) is 11.5 Å². The monoisotopic (exact) mass is 308 g/mol. The lowest BCUT2D eigenvalue weighted by atomic mass is 10.2. The minimum absolute atomic E-state index is 0.0293. The predicted octanol–water partition coefficient (Wildman–Crippen LogP) is 2.13.